The highest BCUT2D eigenvalue weighted by atomic mass is 19.1. The lowest BCUT2D eigenvalue weighted by Crippen LogP contribution is -2.39. The summed E-state index contributed by atoms with van der Waals surface area (Å²) in [5.74, 6) is -5.93. The highest BCUT2D eigenvalue weighted by molar-refractivity contribution is 6.10. The van der Waals surface area contributed by atoms with Crippen molar-refractivity contribution in [2.24, 2.45) is 5.92 Å². The predicted molar refractivity (Wildman–Crippen MR) is 87.5 cm³/mol. The van der Waals surface area contributed by atoms with E-state index in [0.717, 1.165) is 24.3 Å². The van der Waals surface area contributed by atoms with E-state index in [2.05, 4.69) is 0 Å². The number of rotatable bonds is 5. The standard InChI is InChI=1S/C19H17F4NO2/c1-11(2)7-8-24(18(25)14-5-3-12(20)9-16(14)22)19(26)15-6-4-13(21)10-17(15)23/h3-6,9-11H,7-8H2,1-2H3. The Bertz CT molecular complexity index is 773. The van der Waals surface area contributed by atoms with Crippen LogP contribution in [0, 0.1) is 29.2 Å². The number of amides is 2. The summed E-state index contributed by atoms with van der Waals surface area (Å²) in [6, 6.07) is 4.67. The molecule has 26 heavy (non-hydrogen) atoms. The van der Waals surface area contributed by atoms with Gasteiger partial charge in [0.15, 0.2) is 0 Å². The molecule has 0 aliphatic carbocycles. The second-order valence-corrected chi connectivity index (χ2v) is 6.19. The monoisotopic (exact) mass is 367 g/mol. The third-order valence-corrected chi connectivity index (χ3v) is 3.74. The molecule has 0 aromatic heterocycles. The Labute approximate surface area is 148 Å². The molecule has 0 atom stereocenters. The zero-order chi connectivity index (χ0) is 19.4. The van der Waals surface area contributed by atoms with Gasteiger partial charge in [0.1, 0.15) is 23.3 Å². The molecule has 0 unspecified atom stereocenters. The van der Waals surface area contributed by atoms with Crippen molar-refractivity contribution in [3.8, 4) is 0 Å². The number of carbonyl (C=O) groups is 2. The molecule has 0 heterocycles. The maximum atomic E-state index is 13.9. The summed E-state index contributed by atoms with van der Waals surface area (Å²) >= 11 is 0. The Balaban J connectivity index is 2.41. The van der Waals surface area contributed by atoms with E-state index >= 15 is 0 Å². The molecular formula is C19H17F4NO2. The van der Waals surface area contributed by atoms with E-state index in [-0.39, 0.29) is 12.5 Å². The number of benzene rings is 2. The topological polar surface area (TPSA) is 37.4 Å². The van der Waals surface area contributed by atoms with Crippen molar-refractivity contribution in [3.05, 3.63) is 70.8 Å². The van der Waals surface area contributed by atoms with Gasteiger partial charge in [0.2, 0.25) is 0 Å². The van der Waals surface area contributed by atoms with Gasteiger partial charge in [0.25, 0.3) is 11.8 Å². The SMILES string of the molecule is CC(C)CCN(C(=O)c1ccc(F)cc1F)C(=O)c1ccc(F)cc1F. The number of imide groups is 1. The first-order chi connectivity index (χ1) is 12.2. The van der Waals surface area contributed by atoms with Crippen LogP contribution in [-0.4, -0.2) is 23.3 Å². The molecule has 2 rings (SSSR count). The molecule has 0 fully saturated rings. The molecule has 0 N–H and O–H groups in total. The first kappa shape index (κ1) is 19.6. The van der Waals surface area contributed by atoms with Crippen molar-refractivity contribution in [3.63, 3.8) is 0 Å². The van der Waals surface area contributed by atoms with E-state index in [1.165, 1.54) is 0 Å². The molecular weight excluding hydrogens is 350 g/mol. The van der Waals surface area contributed by atoms with Crippen molar-refractivity contribution >= 4 is 11.8 Å². The van der Waals surface area contributed by atoms with Gasteiger partial charge in [-0.05, 0) is 36.6 Å². The van der Waals surface area contributed by atoms with Gasteiger partial charge in [-0.3, -0.25) is 14.5 Å². The van der Waals surface area contributed by atoms with Crippen LogP contribution in [-0.2, 0) is 0 Å². The van der Waals surface area contributed by atoms with E-state index in [1.54, 1.807) is 0 Å². The molecule has 0 aliphatic rings. The first-order valence-electron chi connectivity index (χ1n) is 7.97. The van der Waals surface area contributed by atoms with Crippen LogP contribution in [0.25, 0.3) is 0 Å². The van der Waals surface area contributed by atoms with Gasteiger partial charge < -0.3 is 0 Å². The number of hydrogen-bond acceptors (Lipinski definition) is 2. The van der Waals surface area contributed by atoms with E-state index in [1.807, 2.05) is 13.8 Å². The van der Waals surface area contributed by atoms with Crippen molar-refractivity contribution < 1.29 is 27.2 Å². The van der Waals surface area contributed by atoms with Crippen LogP contribution in [0.1, 0.15) is 41.0 Å². The third kappa shape index (κ3) is 4.47. The smallest absolute Gasteiger partial charge is 0.263 e. The Morgan fingerprint density at radius 2 is 1.27 bits per heavy atom. The van der Waals surface area contributed by atoms with Crippen LogP contribution in [0.5, 0.6) is 0 Å². The fourth-order valence-electron chi connectivity index (χ4n) is 2.30. The van der Waals surface area contributed by atoms with Gasteiger partial charge >= 0.3 is 0 Å². The van der Waals surface area contributed by atoms with E-state index in [9.17, 15) is 27.2 Å². The van der Waals surface area contributed by atoms with E-state index in [4.69, 9.17) is 0 Å². The second kappa shape index (κ2) is 8.12. The fourth-order valence-corrected chi connectivity index (χ4v) is 2.30. The number of hydrogen-bond donors (Lipinski definition) is 0. The van der Waals surface area contributed by atoms with Crippen LogP contribution < -0.4 is 0 Å². The second-order valence-electron chi connectivity index (χ2n) is 6.19. The summed E-state index contributed by atoms with van der Waals surface area (Å²) in [6.07, 6.45) is 0.392. The molecule has 2 aromatic carbocycles. The van der Waals surface area contributed by atoms with Gasteiger partial charge in [-0.1, -0.05) is 13.8 Å². The van der Waals surface area contributed by atoms with Gasteiger partial charge in [-0.25, -0.2) is 17.6 Å². The van der Waals surface area contributed by atoms with E-state index < -0.39 is 46.2 Å². The zero-order valence-corrected chi connectivity index (χ0v) is 14.2. The van der Waals surface area contributed by atoms with Crippen LogP contribution >= 0.6 is 0 Å². The van der Waals surface area contributed by atoms with Crippen LogP contribution in [0.15, 0.2) is 36.4 Å². The fraction of sp³-hybridized carbons (Fsp3) is 0.263. The van der Waals surface area contributed by atoms with Crippen molar-refractivity contribution in [1.82, 2.24) is 4.90 Å². The molecule has 0 radical (unpaired) electrons. The highest BCUT2D eigenvalue weighted by Crippen LogP contribution is 2.18. The summed E-state index contributed by atoms with van der Waals surface area (Å²) in [6.45, 7) is 3.61. The third-order valence-electron chi connectivity index (χ3n) is 3.74. The van der Waals surface area contributed by atoms with Gasteiger partial charge in [0.05, 0.1) is 11.1 Å². The molecule has 0 saturated heterocycles. The minimum Gasteiger partial charge on any atom is -0.274 e. The predicted octanol–water partition coefficient (Wildman–Crippen LogP) is 4.57. The minimum absolute atomic E-state index is 0.0943. The highest BCUT2D eigenvalue weighted by Gasteiger charge is 2.28. The summed E-state index contributed by atoms with van der Waals surface area (Å²) < 4.78 is 54.0. The average Bonchev–Trinajstić information content (AvgIpc) is 2.54. The van der Waals surface area contributed by atoms with E-state index in [0.29, 0.717) is 23.5 Å². The average molecular weight is 367 g/mol. The Kier molecular flexibility index (Phi) is 6.13. The van der Waals surface area contributed by atoms with Crippen molar-refractivity contribution in [2.75, 3.05) is 6.54 Å². The molecule has 2 amide bonds. The number of carbonyl (C=O) groups excluding carboxylic acids is 2. The Hall–Kier alpha value is -2.70. The number of nitrogens with zero attached hydrogens (tertiary/aromatic N) is 1. The zero-order valence-electron chi connectivity index (χ0n) is 14.2. The van der Waals surface area contributed by atoms with Gasteiger partial charge in [-0.15, -0.1) is 0 Å². The van der Waals surface area contributed by atoms with Crippen molar-refractivity contribution in [2.45, 2.75) is 20.3 Å². The normalized spacial score (nSPS) is 10.9. The van der Waals surface area contributed by atoms with Gasteiger partial charge in [0, 0.05) is 18.7 Å². The van der Waals surface area contributed by atoms with Gasteiger partial charge in [-0.2, -0.15) is 0 Å². The molecule has 0 spiro atoms. The number of halogens is 4. The molecule has 3 nitrogen and oxygen atoms in total. The molecule has 2 aromatic rings. The maximum absolute atomic E-state index is 13.9. The first-order valence-corrected chi connectivity index (χ1v) is 7.97. The Morgan fingerprint density at radius 1 is 0.846 bits per heavy atom. The lowest BCUT2D eigenvalue weighted by Gasteiger charge is -2.22. The van der Waals surface area contributed by atoms with Crippen LogP contribution in [0.2, 0.25) is 0 Å². The molecule has 0 aliphatic heterocycles. The summed E-state index contributed by atoms with van der Waals surface area (Å²) in [4.78, 5) is 25.9. The molecule has 138 valence electrons. The van der Waals surface area contributed by atoms with Crippen LogP contribution in [0.4, 0.5) is 17.6 Å². The quantitative estimate of drug-likeness (QED) is 0.573. The minimum atomic E-state index is -1.13. The lowest BCUT2D eigenvalue weighted by molar-refractivity contribution is 0.0604. The maximum Gasteiger partial charge on any atom is 0.263 e. The largest absolute Gasteiger partial charge is 0.274 e. The van der Waals surface area contributed by atoms with Crippen LogP contribution in [0.3, 0.4) is 0 Å². The molecule has 0 saturated carbocycles. The lowest BCUT2D eigenvalue weighted by atomic mass is 10.1. The summed E-state index contributed by atoms with van der Waals surface area (Å²) in [7, 11) is 0. The Morgan fingerprint density at radius 3 is 1.62 bits per heavy atom. The molecule has 7 heteroatoms. The summed E-state index contributed by atoms with van der Waals surface area (Å²) in [5, 5.41) is 0. The summed E-state index contributed by atoms with van der Waals surface area (Å²) in [5.41, 5.74) is -1.02. The molecule has 0 bridgehead atoms. The van der Waals surface area contributed by atoms with Crippen molar-refractivity contribution in [1.29, 1.82) is 0 Å².